The first-order chi connectivity index (χ1) is 8.25. The number of benzene rings is 1. The maximum atomic E-state index is 9.48. The van der Waals surface area contributed by atoms with Gasteiger partial charge in [-0.2, -0.15) is 0 Å². The van der Waals surface area contributed by atoms with E-state index in [1.54, 1.807) is 18.2 Å². The summed E-state index contributed by atoms with van der Waals surface area (Å²) >= 11 is 0. The Bertz CT molecular complexity index is 690. The van der Waals surface area contributed by atoms with Crippen molar-refractivity contribution in [3.05, 3.63) is 36.8 Å². The highest BCUT2D eigenvalue weighted by Crippen LogP contribution is 2.31. The topological polar surface area (TPSA) is 87.8 Å². The van der Waals surface area contributed by atoms with Crippen molar-refractivity contribution in [1.82, 2.24) is 15.0 Å². The van der Waals surface area contributed by atoms with Gasteiger partial charge in [0.1, 0.15) is 23.5 Å². The zero-order chi connectivity index (χ0) is 11.8. The SMILES string of the molecule is Nc1ncnc2[nH]cc(-c3cccc(O)c3)c12. The molecular weight excluding hydrogens is 216 g/mol. The first-order valence-corrected chi connectivity index (χ1v) is 5.12. The van der Waals surface area contributed by atoms with Crippen molar-refractivity contribution >= 4 is 16.9 Å². The van der Waals surface area contributed by atoms with E-state index in [9.17, 15) is 5.11 Å². The largest absolute Gasteiger partial charge is 0.508 e. The van der Waals surface area contributed by atoms with Crippen LogP contribution in [0.2, 0.25) is 0 Å². The summed E-state index contributed by atoms with van der Waals surface area (Å²) in [6.07, 6.45) is 3.23. The van der Waals surface area contributed by atoms with Crippen LogP contribution in [0.3, 0.4) is 0 Å². The summed E-state index contributed by atoms with van der Waals surface area (Å²) in [5.41, 5.74) is 8.29. The zero-order valence-electron chi connectivity index (χ0n) is 8.88. The molecule has 1 aromatic carbocycles. The molecule has 0 bridgehead atoms. The molecule has 0 aliphatic heterocycles. The number of rotatable bonds is 1. The lowest BCUT2D eigenvalue weighted by Crippen LogP contribution is -1.92. The van der Waals surface area contributed by atoms with Crippen molar-refractivity contribution in [1.29, 1.82) is 0 Å². The number of aromatic hydroxyl groups is 1. The van der Waals surface area contributed by atoms with Crippen LogP contribution in [0.15, 0.2) is 36.8 Å². The lowest BCUT2D eigenvalue weighted by atomic mass is 10.1. The third kappa shape index (κ3) is 1.48. The number of nitrogens with one attached hydrogen (secondary N) is 1. The van der Waals surface area contributed by atoms with Crippen molar-refractivity contribution in [3.63, 3.8) is 0 Å². The lowest BCUT2D eigenvalue weighted by Gasteiger charge is -2.01. The summed E-state index contributed by atoms with van der Waals surface area (Å²) in [5.74, 6) is 0.641. The molecule has 0 atom stereocenters. The standard InChI is InChI=1S/C12H10N4O/c13-11-10-9(5-14-12(10)16-6-15-11)7-2-1-3-8(17)4-7/h1-6,17H,(H3,13,14,15,16). The van der Waals surface area contributed by atoms with Crippen molar-refractivity contribution in [2.75, 3.05) is 5.73 Å². The highest BCUT2D eigenvalue weighted by Gasteiger charge is 2.10. The molecule has 3 aromatic rings. The predicted molar refractivity (Wildman–Crippen MR) is 65.4 cm³/mol. The predicted octanol–water partition coefficient (Wildman–Crippen LogP) is 1.91. The number of phenolic OH excluding ortho intramolecular Hbond substituents is 1. The molecule has 2 aromatic heterocycles. The fourth-order valence-electron chi connectivity index (χ4n) is 1.89. The Morgan fingerprint density at radius 3 is 2.94 bits per heavy atom. The third-order valence-electron chi connectivity index (χ3n) is 2.66. The number of hydrogen-bond acceptors (Lipinski definition) is 4. The number of aromatic amines is 1. The zero-order valence-corrected chi connectivity index (χ0v) is 8.88. The number of phenols is 1. The van der Waals surface area contributed by atoms with Crippen LogP contribution < -0.4 is 5.73 Å². The number of hydrogen-bond donors (Lipinski definition) is 3. The lowest BCUT2D eigenvalue weighted by molar-refractivity contribution is 0.475. The van der Waals surface area contributed by atoms with Crippen LogP contribution in [0.5, 0.6) is 5.75 Å². The van der Waals surface area contributed by atoms with Crippen LogP contribution in [0.4, 0.5) is 5.82 Å². The van der Waals surface area contributed by atoms with Gasteiger partial charge in [0, 0.05) is 11.8 Å². The van der Waals surface area contributed by atoms with Gasteiger partial charge in [0.2, 0.25) is 0 Å². The second-order valence-corrected chi connectivity index (χ2v) is 3.74. The molecule has 3 rings (SSSR count). The Balaban J connectivity index is 2.31. The molecule has 0 aliphatic rings. The Morgan fingerprint density at radius 1 is 1.24 bits per heavy atom. The molecule has 0 saturated heterocycles. The summed E-state index contributed by atoms with van der Waals surface area (Å²) in [6, 6.07) is 6.98. The van der Waals surface area contributed by atoms with Crippen molar-refractivity contribution < 1.29 is 5.11 Å². The van der Waals surface area contributed by atoms with E-state index in [1.807, 2.05) is 12.3 Å². The smallest absolute Gasteiger partial charge is 0.143 e. The molecule has 5 heteroatoms. The summed E-state index contributed by atoms with van der Waals surface area (Å²) < 4.78 is 0. The van der Waals surface area contributed by atoms with E-state index in [0.717, 1.165) is 16.5 Å². The van der Waals surface area contributed by atoms with E-state index in [-0.39, 0.29) is 5.75 Å². The minimum Gasteiger partial charge on any atom is -0.508 e. The van der Waals surface area contributed by atoms with Crippen LogP contribution in [-0.4, -0.2) is 20.1 Å². The maximum absolute atomic E-state index is 9.48. The Morgan fingerprint density at radius 2 is 2.12 bits per heavy atom. The molecule has 2 heterocycles. The summed E-state index contributed by atoms with van der Waals surface area (Å²) in [6.45, 7) is 0. The third-order valence-corrected chi connectivity index (χ3v) is 2.66. The van der Waals surface area contributed by atoms with Gasteiger partial charge in [-0.25, -0.2) is 9.97 Å². The molecule has 0 unspecified atom stereocenters. The van der Waals surface area contributed by atoms with E-state index >= 15 is 0 Å². The van der Waals surface area contributed by atoms with E-state index in [4.69, 9.17) is 5.73 Å². The van der Waals surface area contributed by atoms with Gasteiger partial charge in [-0.15, -0.1) is 0 Å². The summed E-state index contributed by atoms with van der Waals surface area (Å²) in [5, 5.41) is 10.3. The fourth-order valence-corrected chi connectivity index (χ4v) is 1.89. The van der Waals surface area contributed by atoms with Crippen LogP contribution in [0.1, 0.15) is 0 Å². The summed E-state index contributed by atoms with van der Waals surface area (Å²) in [7, 11) is 0. The second-order valence-electron chi connectivity index (χ2n) is 3.74. The number of fused-ring (bicyclic) bond motifs is 1. The average Bonchev–Trinajstić information content (AvgIpc) is 2.74. The molecule has 5 nitrogen and oxygen atoms in total. The molecule has 0 amide bonds. The molecule has 0 spiro atoms. The first kappa shape index (κ1) is 9.65. The molecule has 0 fully saturated rings. The van der Waals surface area contributed by atoms with Gasteiger partial charge in [0.15, 0.2) is 0 Å². The molecule has 17 heavy (non-hydrogen) atoms. The van der Waals surface area contributed by atoms with Crippen LogP contribution in [-0.2, 0) is 0 Å². The van der Waals surface area contributed by atoms with E-state index < -0.39 is 0 Å². The Kier molecular flexibility index (Phi) is 1.98. The van der Waals surface area contributed by atoms with Crippen molar-refractivity contribution in [2.45, 2.75) is 0 Å². The number of aromatic nitrogens is 3. The Hall–Kier alpha value is -2.56. The van der Waals surface area contributed by atoms with Gasteiger partial charge in [-0.05, 0) is 17.7 Å². The van der Waals surface area contributed by atoms with E-state index in [1.165, 1.54) is 6.33 Å². The normalized spacial score (nSPS) is 10.8. The Labute approximate surface area is 97.0 Å². The number of nitrogen functional groups attached to an aromatic ring is 1. The number of anilines is 1. The second kappa shape index (κ2) is 3.48. The maximum Gasteiger partial charge on any atom is 0.143 e. The van der Waals surface area contributed by atoms with Crippen LogP contribution in [0.25, 0.3) is 22.2 Å². The van der Waals surface area contributed by atoms with E-state index in [0.29, 0.717) is 11.5 Å². The number of H-pyrrole nitrogens is 1. The van der Waals surface area contributed by atoms with Crippen molar-refractivity contribution in [3.8, 4) is 16.9 Å². The molecule has 84 valence electrons. The van der Waals surface area contributed by atoms with Gasteiger partial charge >= 0.3 is 0 Å². The van der Waals surface area contributed by atoms with Gasteiger partial charge in [-0.1, -0.05) is 12.1 Å². The highest BCUT2D eigenvalue weighted by molar-refractivity contribution is 6.00. The molecular formula is C12H10N4O. The van der Waals surface area contributed by atoms with Gasteiger partial charge in [0.25, 0.3) is 0 Å². The van der Waals surface area contributed by atoms with Gasteiger partial charge in [-0.3, -0.25) is 0 Å². The monoisotopic (exact) mass is 226 g/mol. The minimum absolute atomic E-state index is 0.215. The van der Waals surface area contributed by atoms with E-state index in [2.05, 4.69) is 15.0 Å². The highest BCUT2D eigenvalue weighted by atomic mass is 16.3. The number of nitrogens with two attached hydrogens (primary N) is 1. The molecule has 4 N–H and O–H groups in total. The van der Waals surface area contributed by atoms with Gasteiger partial charge < -0.3 is 15.8 Å². The fraction of sp³-hybridized carbons (Fsp3) is 0. The minimum atomic E-state index is 0.215. The quantitative estimate of drug-likeness (QED) is 0.591. The number of nitrogens with zero attached hydrogens (tertiary/aromatic N) is 2. The molecule has 0 saturated carbocycles. The van der Waals surface area contributed by atoms with Crippen LogP contribution in [0, 0.1) is 0 Å². The van der Waals surface area contributed by atoms with Crippen molar-refractivity contribution in [2.24, 2.45) is 0 Å². The molecule has 0 aliphatic carbocycles. The van der Waals surface area contributed by atoms with Gasteiger partial charge in [0.05, 0.1) is 5.39 Å². The van der Waals surface area contributed by atoms with Crippen LogP contribution >= 0.6 is 0 Å². The first-order valence-electron chi connectivity index (χ1n) is 5.12. The average molecular weight is 226 g/mol. The summed E-state index contributed by atoms with van der Waals surface area (Å²) in [4.78, 5) is 11.1. The molecule has 0 radical (unpaired) electrons.